The zero-order valence-electron chi connectivity index (χ0n) is 11.8. The van der Waals surface area contributed by atoms with E-state index in [-0.39, 0.29) is 17.5 Å². The molecule has 0 saturated carbocycles. The first-order chi connectivity index (χ1) is 9.26. The Morgan fingerprint density at radius 2 is 1.85 bits per heavy atom. The maximum atomic E-state index is 12.0. The van der Waals surface area contributed by atoms with Gasteiger partial charge in [-0.1, -0.05) is 0 Å². The first-order valence-electron chi connectivity index (χ1n) is 6.35. The second kappa shape index (κ2) is 6.71. The van der Waals surface area contributed by atoms with Crippen molar-refractivity contribution in [2.24, 2.45) is 0 Å². The van der Waals surface area contributed by atoms with Gasteiger partial charge in [0, 0.05) is 18.3 Å². The van der Waals surface area contributed by atoms with E-state index in [9.17, 15) is 13.2 Å². The van der Waals surface area contributed by atoms with Gasteiger partial charge in [0.05, 0.1) is 4.90 Å². The molecule has 6 nitrogen and oxygen atoms in total. The van der Waals surface area contributed by atoms with E-state index in [1.54, 1.807) is 30.9 Å². The molecule has 1 aromatic rings. The fourth-order valence-corrected chi connectivity index (χ4v) is 3.01. The summed E-state index contributed by atoms with van der Waals surface area (Å²) in [6.07, 6.45) is 0. The molecule has 7 heteroatoms. The van der Waals surface area contributed by atoms with E-state index in [4.69, 9.17) is 5.11 Å². The van der Waals surface area contributed by atoms with Gasteiger partial charge in [0.15, 0.2) is 0 Å². The number of carboxylic acid groups (broad SMARTS) is 1. The van der Waals surface area contributed by atoms with Crippen LogP contribution in [0.5, 0.6) is 0 Å². The fourth-order valence-electron chi connectivity index (χ4n) is 1.76. The summed E-state index contributed by atoms with van der Waals surface area (Å²) in [6, 6.07) is 6.00. The standard InChI is InChI=1S/C13H20N2O4S/c1-4-15(9-13(16)17)11-5-7-12(8-6-11)20(18,19)14-10(2)3/h5-8,10,14H,4,9H2,1-3H3,(H,16,17). The van der Waals surface area contributed by atoms with Gasteiger partial charge >= 0.3 is 5.97 Å². The summed E-state index contributed by atoms with van der Waals surface area (Å²) in [6.45, 7) is 5.75. The largest absolute Gasteiger partial charge is 0.480 e. The van der Waals surface area contributed by atoms with Crippen LogP contribution in [0.1, 0.15) is 20.8 Å². The van der Waals surface area contributed by atoms with E-state index in [1.165, 1.54) is 12.1 Å². The molecule has 0 aliphatic carbocycles. The fraction of sp³-hybridized carbons (Fsp3) is 0.462. The Morgan fingerprint density at radius 1 is 1.30 bits per heavy atom. The van der Waals surface area contributed by atoms with Gasteiger partial charge in [-0.25, -0.2) is 13.1 Å². The molecule has 0 spiro atoms. The quantitative estimate of drug-likeness (QED) is 0.792. The number of aliphatic carboxylic acids is 1. The van der Waals surface area contributed by atoms with Crippen molar-refractivity contribution in [3.8, 4) is 0 Å². The SMILES string of the molecule is CCN(CC(=O)O)c1ccc(S(=O)(=O)NC(C)C)cc1. The summed E-state index contributed by atoms with van der Waals surface area (Å²) >= 11 is 0. The molecule has 1 aromatic carbocycles. The molecule has 0 heterocycles. The van der Waals surface area contributed by atoms with Crippen LogP contribution >= 0.6 is 0 Å². The lowest BCUT2D eigenvalue weighted by atomic mass is 10.3. The lowest BCUT2D eigenvalue weighted by Crippen LogP contribution is -2.31. The summed E-state index contributed by atoms with van der Waals surface area (Å²) in [7, 11) is -3.52. The van der Waals surface area contributed by atoms with Crippen molar-refractivity contribution in [3.63, 3.8) is 0 Å². The second-order valence-corrected chi connectivity index (χ2v) is 6.39. The van der Waals surface area contributed by atoms with Crippen LogP contribution in [0.4, 0.5) is 5.69 Å². The number of carbonyl (C=O) groups is 1. The molecule has 20 heavy (non-hydrogen) atoms. The van der Waals surface area contributed by atoms with Crippen LogP contribution in [0.2, 0.25) is 0 Å². The number of rotatable bonds is 7. The van der Waals surface area contributed by atoms with Gasteiger partial charge in [-0.3, -0.25) is 4.79 Å². The van der Waals surface area contributed by atoms with Crippen molar-refractivity contribution < 1.29 is 18.3 Å². The summed E-state index contributed by atoms with van der Waals surface area (Å²) in [5.41, 5.74) is 0.679. The zero-order chi connectivity index (χ0) is 15.3. The average molecular weight is 300 g/mol. The molecular formula is C13H20N2O4S. The van der Waals surface area contributed by atoms with Crippen LogP contribution in [0.3, 0.4) is 0 Å². The van der Waals surface area contributed by atoms with E-state index in [1.807, 2.05) is 6.92 Å². The topological polar surface area (TPSA) is 86.7 Å². The minimum atomic E-state index is -3.52. The van der Waals surface area contributed by atoms with Crippen LogP contribution < -0.4 is 9.62 Å². The Bertz CT molecular complexity index is 552. The third kappa shape index (κ3) is 4.50. The van der Waals surface area contributed by atoms with E-state index in [0.717, 1.165) is 0 Å². The van der Waals surface area contributed by atoms with E-state index in [0.29, 0.717) is 12.2 Å². The van der Waals surface area contributed by atoms with Crippen LogP contribution in [0, 0.1) is 0 Å². The van der Waals surface area contributed by atoms with Crippen molar-refractivity contribution >= 4 is 21.7 Å². The monoisotopic (exact) mass is 300 g/mol. The van der Waals surface area contributed by atoms with Crippen molar-refractivity contribution in [1.82, 2.24) is 4.72 Å². The number of carboxylic acids is 1. The molecule has 0 aromatic heterocycles. The summed E-state index contributed by atoms with van der Waals surface area (Å²) in [5, 5.41) is 8.81. The smallest absolute Gasteiger partial charge is 0.323 e. The molecular weight excluding hydrogens is 280 g/mol. The summed E-state index contributed by atoms with van der Waals surface area (Å²) < 4.78 is 26.4. The van der Waals surface area contributed by atoms with Crippen LogP contribution in [-0.2, 0) is 14.8 Å². The summed E-state index contributed by atoms with van der Waals surface area (Å²) in [5.74, 6) is -0.926. The Balaban J connectivity index is 2.96. The molecule has 0 saturated heterocycles. The molecule has 2 N–H and O–H groups in total. The highest BCUT2D eigenvalue weighted by atomic mass is 32.2. The third-order valence-electron chi connectivity index (χ3n) is 2.61. The number of hydrogen-bond acceptors (Lipinski definition) is 4. The van der Waals surface area contributed by atoms with Crippen LogP contribution in [-0.4, -0.2) is 38.6 Å². The second-order valence-electron chi connectivity index (χ2n) is 4.68. The molecule has 1 rings (SSSR count). The number of sulfonamides is 1. The van der Waals surface area contributed by atoms with Gasteiger partial charge < -0.3 is 10.0 Å². The minimum absolute atomic E-state index is 0.118. The molecule has 0 unspecified atom stereocenters. The van der Waals surface area contributed by atoms with Crippen molar-refractivity contribution in [2.45, 2.75) is 31.7 Å². The Labute approximate surface area is 119 Å². The highest BCUT2D eigenvalue weighted by Gasteiger charge is 2.16. The van der Waals surface area contributed by atoms with Gasteiger partial charge in [0.25, 0.3) is 0 Å². The molecule has 112 valence electrons. The lowest BCUT2D eigenvalue weighted by Gasteiger charge is -2.21. The van der Waals surface area contributed by atoms with Gasteiger partial charge in [0.2, 0.25) is 10.0 Å². The molecule has 0 atom stereocenters. The Kier molecular flexibility index (Phi) is 5.52. The predicted molar refractivity (Wildman–Crippen MR) is 77.4 cm³/mol. The predicted octanol–water partition coefficient (Wildman–Crippen LogP) is 1.28. The number of anilines is 1. The first-order valence-corrected chi connectivity index (χ1v) is 7.83. The highest BCUT2D eigenvalue weighted by Crippen LogP contribution is 2.18. The van der Waals surface area contributed by atoms with Gasteiger partial charge in [0.1, 0.15) is 6.54 Å². The zero-order valence-corrected chi connectivity index (χ0v) is 12.6. The Morgan fingerprint density at radius 3 is 2.25 bits per heavy atom. The normalized spacial score (nSPS) is 11.6. The average Bonchev–Trinajstić information content (AvgIpc) is 2.34. The van der Waals surface area contributed by atoms with Crippen molar-refractivity contribution in [2.75, 3.05) is 18.0 Å². The molecule has 0 amide bonds. The first kappa shape index (κ1) is 16.5. The highest BCUT2D eigenvalue weighted by molar-refractivity contribution is 7.89. The number of nitrogens with one attached hydrogen (secondary N) is 1. The molecule has 0 bridgehead atoms. The third-order valence-corrected chi connectivity index (χ3v) is 4.29. The van der Waals surface area contributed by atoms with Gasteiger partial charge in [-0.05, 0) is 45.0 Å². The summed E-state index contributed by atoms with van der Waals surface area (Å²) in [4.78, 5) is 12.6. The van der Waals surface area contributed by atoms with Gasteiger partial charge in [-0.15, -0.1) is 0 Å². The van der Waals surface area contributed by atoms with Crippen molar-refractivity contribution in [3.05, 3.63) is 24.3 Å². The minimum Gasteiger partial charge on any atom is -0.480 e. The van der Waals surface area contributed by atoms with Crippen molar-refractivity contribution in [1.29, 1.82) is 0 Å². The molecule has 0 aliphatic rings. The van der Waals surface area contributed by atoms with E-state index >= 15 is 0 Å². The lowest BCUT2D eigenvalue weighted by molar-refractivity contribution is -0.135. The number of likely N-dealkylation sites (N-methyl/N-ethyl adjacent to an activating group) is 1. The van der Waals surface area contributed by atoms with E-state index < -0.39 is 16.0 Å². The van der Waals surface area contributed by atoms with Crippen LogP contribution in [0.15, 0.2) is 29.2 Å². The number of hydrogen-bond donors (Lipinski definition) is 2. The Hall–Kier alpha value is -1.60. The van der Waals surface area contributed by atoms with Crippen LogP contribution in [0.25, 0.3) is 0 Å². The number of nitrogens with zero attached hydrogens (tertiary/aromatic N) is 1. The maximum absolute atomic E-state index is 12.0. The maximum Gasteiger partial charge on any atom is 0.323 e. The van der Waals surface area contributed by atoms with E-state index in [2.05, 4.69) is 4.72 Å². The molecule has 0 radical (unpaired) electrons. The molecule has 0 aliphatic heterocycles. The van der Waals surface area contributed by atoms with Gasteiger partial charge in [-0.2, -0.15) is 0 Å². The molecule has 0 fully saturated rings. The number of benzene rings is 1.